The lowest BCUT2D eigenvalue weighted by Crippen LogP contribution is -2.46. The number of nitrogens with one attached hydrogen (secondary N) is 2. The minimum Gasteiger partial charge on any atom is -0.406 e. The monoisotopic (exact) mass is 408 g/mol. The molecule has 0 saturated heterocycles. The van der Waals surface area contributed by atoms with Crippen molar-refractivity contribution < 1.29 is 26.3 Å². The van der Waals surface area contributed by atoms with Crippen molar-refractivity contribution in [1.29, 1.82) is 0 Å². The van der Waals surface area contributed by atoms with Crippen LogP contribution < -0.4 is 14.8 Å². The van der Waals surface area contributed by atoms with Crippen molar-refractivity contribution in [3.05, 3.63) is 24.3 Å². The predicted molar refractivity (Wildman–Crippen MR) is 99.2 cm³/mol. The maximum Gasteiger partial charge on any atom is 0.573 e. The molecule has 1 saturated carbocycles. The van der Waals surface area contributed by atoms with Crippen LogP contribution >= 0.6 is 0 Å². The minimum absolute atomic E-state index is 0.0611. The van der Waals surface area contributed by atoms with Gasteiger partial charge in [-0.25, -0.2) is 13.1 Å². The molecule has 0 aliphatic heterocycles. The van der Waals surface area contributed by atoms with Gasteiger partial charge in [0.05, 0.1) is 4.75 Å². The average molecular weight is 408 g/mol. The van der Waals surface area contributed by atoms with E-state index in [-0.39, 0.29) is 11.8 Å². The summed E-state index contributed by atoms with van der Waals surface area (Å²) < 4.78 is 67.2. The van der Waals surface area contributed by atoms with Crippen LogP contribution in [0.3, 0.4) is 0 Å². The molecule has 1 aromatic rings. The SMILES string of the molecule is CC(C)(C)S(=O)(=O)N[C@H]1CC[C@H](CNc2cccc(OC(F)(F)F)c2)CC1. The number of ether oxygens (including phenoxy) is 1. The number of rotatable bonds is 6. The van der Waals surface area contributed by atoms with Crippen molar-refractivity contribution in [3.63, 3.8) is 0 Å². The third kappa shape index (κ3) is 6.88. The largest absolute Gasteiger partial charge is 0.573 e. The van der Waals surface area contributed by atoms with Crippen molar-refractivity contribution in [2.45, 2.75) is 63.6 Å². The Balaban J connectivity index is 1.81. The Labute approximate surface area is 158 Å². The van der Waals surface area contributed by atoms with Crippen LogP contribution in [0.1, 0.15) is 46.5 Å². The fourth-order valence-corrected chi connectivity index (χ4v) is 3.97. The lowest BCUT2D eigenvalue weighted by molar-refractivity contribution is -0.274. The summed E-state index contributed by atoms with van der Waals surface area (Å²) in [6.45, 7) is 5.62. The third-order valence-corrected chi connectivity index (χ3v) is 6.89. The normalized spacial score (nSPS) is 21.7. The Kier molecular flexibility index (Phi) is 6.68. The zero-order chi connectivity index (χ0) is 20.3. The topological polar surface area (TPSA) is 67.4 Å². The van der Waals surface area contributed by atoms with E-state index < -0.39 is 21.1 Å². The highest BCUT2D eigenvalue weighted by Crippen LogP contribution is 2.28. The molecule has 0 amide bonds. The molecule has 0 bridgehead atoms. The van der Waals surface area contributed by atoms with Crippen LogP contribution in [0.2, 0.25) is 0 Å². The molecule has 0 aromatic heterocycles. The van der Waals surface area contributed by atoms with Crippen molar-refractivity contribution in [2.24, 2.45) is 5.92 Å². The molecule has 154 valence electrons. The van der Waals surface area contributed by atoms with Gasteiger partial charge in [-0.15, -0.1) is 13.2 Å². The number of halogens is 3. The first-order valence-corrected chi connectivity index (χ1v) is 10.5. The molecule has 1 fully saturated rings. The molecule has 0 heterocycles. The highest BCUT2D eigenvalue weighted by Gasteiger charge is 2.33. The van der Waals surface area contributed by atoms with Gasteiger partial charge >= 0.3 is 6.36 Å². The van der Waals surface area contributed by atoms with Crippen LogP contribution in [0.25, 0.3) is 0 Å². The summed E-state index contributed by atoms with van der Waals surface area (Å²) in [5.74, 6) is 0.0837. The van der Waals surface area contributed by atoms with E-state index in [9.17, 15) is 21.6 Å². The fraction of sp³-hybridized carbons (Fsp3) is 0.667. The number of hydrogen-bond acceptors (Lipinski definition) is 4. The Hall–Kier alpha value is -1.48. The highest BCUT2D eigenvalue weighted by molar-refractivity contribution is 7.90. The number of hydrogen-bond donors (Lipinski definition) is 2. The van der Waals surface area contributed by atoms with Gasteiger partial charge in [0, 0.05) is 24.3 Å². The van der Waals surface area contributed by atoms with Gasteiger partial charge in [-0.1, -0.05) is 6.07 Å². The Bertz CT molecular complexity index is 722. The molecule has 9 heteroatoms. The summed E-state index contributed by atoms with van der Waals surface area (Å²) >= 11 is 0. The summed E-state index contributed by atoms with van der Waals surface area (Å²) in [7, 11) is -3.36. The molecule has 5 nitrogen and oxygen atoms in total. The molecule has 2 rings (SSSR count). The van der Waals surface area contributed by atoms with Crippen LogP contribution in [0.15, 0.2) is 24.3 Å². The minimum atomic E-state index is -4.71. The van der Waals surface area contributed by atoms with Crippen molar-refractivity contribution in [3.8, 4) is 5.75 Å². The van der Waals surface area contributed by atoms with Crippen molar-refractivity contribution in [2.75, 3.05) is 11.9 Å². The molecule has 1 aliphatic carbocycles. The lowest BCUT2D eigenvalue weighted by Gasteiger charge is -2.31. The Morgan fingerprint density at radius 3 is 2.30 bits per heavy atom. The molecule has 1 aliphatic rings. The van der Waals surface area contributed by atoms with Gasteiger partial charge in [-0.2, -0.15) is 0 Å². The molecule has 2 N–H and O–H groups in total. The van der Waals surface area contributed by atoms with E-state index in [0.717, 1.165) is 25.7 Å². The van der Waals surface area contributed by atoms with E-state index in [4.69, 9.17) is 0 Å². The molecule has 0 spiro atoms. The smallest absolute Gasteiger partial charge is 0.406 e. The number of anilines is 1. The second-order valence-electron chi connectivity index (χ2n) is 7.91. The molecule has 0 radical (unpaired) electrons. The van der Waals surface area contributed by atoms with E-state index >= 15 is 0 Å². The van der Waals surface area contributed by atoms with Crippen LogP contribution in [0.4, 0.5) is 18.9 Å². The van der Waals surface area contributed by atoms with Crippen LogP contribution in [-0.4, -0.2) is 32.1 Å². The lowest BCUT2D eigenvalue weighted by atomic mass is 9.86. The van der Waals surface area contributed by atoms with E-state index in [1.807, 2.05) is 0 Å². The fourth-order valence-electron chi connectivity index (χ4n) is 2.95. The summed E-state index contributed by atoms with van der Waals surface area (Å²) in [5.41, 5.74) is 0.562. The standard InChI is InChI=1S/C18H27F3N2O3S/c1-17(2,3)27(24,25)23-14-9-7-13(8-10-14)12-22-15-5-4-6-16(11-15)26-18(19,20)21/h4-6,11,13-14,22-23H,7-10,12H2,1-3H3/t13-,14-. The van der Waals surface area contributed by atoms with Crippen LogP contribution in [0, 0.1) is 5.92 Å². The van der Waals surface area contributed by atoms with E-state index in [1.165, 1.54) is 18.2 Å². The molecule has 0 atom stereocenters. The zero-order valence-corrected chi connectivity index (χ0v) is 16.6. The van der Waals surface area contributed by atoms with Crippen LogP contribution in [-0.2, 0) is 10.0 Å². The third-order valence-electron chi connectivity index (χ3n) is 4.64. The van der Waals surface area contributed by atoms with Gasteiger partial charge in [0.15, 0.2) is 0 Å². The molecule has 1 aromatic carbocycles. The van der Waals surface area contributed by atoms with E-state index in [1.54, 1.807) is 26.8 Å². The number of sulfonamides is 1. The predicted octanol–water partition coefficient (Wildman–Crippen LogP) is 4.27. The van der Waals surface area contributed by atoms with Gasteiger partial charge in [-0.3, -0.25) is 0 Å². The summed E-state index contributed by atoms with van der Waals surface area (Å²) in [6, 6.07) is 5.70. The molecule has 0 unspecified atom stereocenters. The summed E-state index contributed by atoms with van der Waals surface area (Å²) in [6.07, 6.45) is -1.51. The quantitative estimate of drug-likeness (QED) is 0.738. The van der Waals surface area contributed by atoms with Crippen molar-refractivity contribution in [1.82, 2.24) is 4.72 Å². The first-order valence-electron chi connectivity index (χ1n) is 8.97. The number of alkyl halides is 3. The van der Waals surface area contributed by atoms with Gasteiger partial charge in [0.2, 0.25) is 10.0 Å². The first kappa shape index (κ1) is 21.8. The second kappa shape index (κ2) is 8.26. The maximum atomic E-state index is 12.3. The van der Waals surface area contributed by atoms with Crippen LogP contribution in [0.5, 0.6) is 5.75 Å². The van der Waals surface area contributed by atoms with Gasteiger partial charge < -0.3 is 10.1 Å². The summed E-state index contributed by atoms with van der Waals surface area (Å²) in [4.78, 5) is 0. The average Bonchev–Trinajstić information content (AvgIpc) is 2.51. The molecular weight excluding hydrogens is 381 g/mol. The number of benzene rings is 1. The Morgan fingerprint density at radius 1 is 1.11 bits per heavy atom. The second-order valence-corrected chi connectivity index (χ2v) is 10.4. The van der Waals surface area contributed by atoms with Gasteiger partial charge in [-0.05, 0) is 64.5 Å². The van der Waals surface area contributed by atoms with E-state index in [0.29, 0.717) is 18.2 Å². The molecular formula is C18H27F3N2O3S. The highest BCUT2D eigenvalue weighted by atomic mass is 32.2. The van der Waals surface area contributed by atoms with E-state index in [2.05, 4.69) is 14.8 Å². The Morgan fingerprint density at radius 2 is 1.74 bits per heavy atom. The van der Waals surface area contributed by atoms with Gasteiger partial charge in [0.25, 0.3) is 0 Å². The zero-order valence-electron chi connectivity index (χ0n) is 15.8. The molecule has 27 heavy (non-hydrogen) atoms. The maximum absolute atomic E-state index is 12.3. The van der Waals surface area contributed by atoms with Crippen molar-refractivity contribution >= 4 is 15.7 Å². The summed E-state index contributed by atoms with van der Waals surface area (Å²) in [5, 5.41) is 3.14. The first-order chi connectivity index (χ1) is 12.4. The van der Waals surface area contributed by atoms with Gasteiger partial charge in [0.1, 0.15) is 5.75 Å².